The summed E-state index contributed by atoms with van der Waals surface area (Å²) in [6.45, 7) is 11.3. The highest BCUT2D eigenvalue weighted by Crippen LogP contribution is 2.67. The van der Waals surface area contributed by atoms with Gasteiger partial charge in [-0.1, -0.05) is 46.3 Å². The molecule has 0 N–H and O–H groups in total. The van der Waals surface area contributed by atoms with Crippen LogP contribution in [0.2, 0.25) is 0 Å². The van der Waals surface area contributed by atoms with E-state index < -0.39 is 0 Å². The van der Waals surface area contributed by atoms with Crippen molar-refractivity contribution in [1.82, 2.24) is 0 Å². The van der Waals surface area contributed by atoms with Gasteiger partial charge in [0.25, 0.3) is 0 Å². The van der Waals surface area contributed by atoms with Crippen LogP contribution in [0.4, 0.5) is 0 Å². The molecule has 5 aliphatic rings. The van der Waals surface area contributed by atoms with Crippen molar-refractivity contribution in [3.8, 4) is 6.07 Å². The predicted octanol–water partition coefficient (Wildman–Crippen LogP) is 6.06. The minimum absolute atomic E-state index is 0.00639. The number of ketones is 2. The molecule has 31 heavy (non-hydrogen) atoms. The largest absolute Gasteiger partial charge is 0.295 e. The molecule has 166 valence electrons. The van der Waals surface area contributed by atoms with Crippen molar-refractivity contribution in [3.63, 3.8) is 0 Å². The molecule has 0 radical (unpaired) electrons. The summed E-state index contributed by atoms with van der Waals surface area (Å²) in [7, 11) is 0. The van der Waals surface area contributed by atoms with Crippen LogP contribution in [0.1, 0.15) is 79.6 Å². The molecule has 3 nitrogen and oxygen atoms in total. The molecule has 5 aliphatic carbocycles. The second kappa shape index (κ2) is 6.66. The Balaban J connectivity index is 1.61. The van der Waals surface area contributed by atoms with Crippen molar-refractivity contribution in [2.45, 2.75) is 79.6 Å². The molecule has 3 saturated carbocycles. The van der Waals surface area contributed by atoms with E-state index in [1.54, 1.807) is 0 Å². The van der Waals surface area contributed by atoms with Gasteiger partial charge in [-0.05, 0) is 85.5 Å². The molecule has 8 atom stereocenters. The van der Waals surface area contributed by atoms with Crippen LogP contribution in [0.25, 0.3) is 0 Å². The van der Waals surface area contributed by atoms with Crippen LogP contribution in [0, 0.1) is 63.1 Å². The fraction of sp³-hybridized carbons (Fsp3) is 0.750. The third kappa shape index (κ3) is 2.82. The van der Waals surface area contributed by atoms with Crippen LogP contribution >= 0.6 is 0 Å². The van der Waals surface area contributed by atoms with Gasteiger partial charge in [0.05, 0.1) is 5.57 Å². The summed E-state index contributed by atoms with van der Waals surface area (Å²) < 4.78 is 0. The lowest BCUT2D eigenvalue weighted by molar-refractivity contribution is -0.136. The number of fused-ring (bicyclic) bond motifs is 7. The average Bonchev–Trinajstić information content (AvgIpc) is 2.71. The zero-order valence-electron chi connectivity index (χ0n) is 19.8. The molecule has 0 saturated heterocycles. The van der Waals surface area contributed by atoms with Gasteiger partial charge in [-0.25, -0.2) is 0 Å². The number of allylic oxidation sites excluding steroid dienone is 4. The Morgan fingerprint density at radius 1 is 1.00 bits per heavy atom. The Bertz CT molecular complexity index is 949. The van der Waals surface area contributed by atoms with Crippen molar-refractivity contribution in [2.75, 3.05) is 0 Å². The molecule has 0 aromatic carbocycles. The first-order chi connectivity index (χ1) is 14.5. The maximum Gasteiger partial charge on any atom is 0.176 e. The molecule has 0 bridgehead atoms. The molecule has 0 amide bonds. The SMILES string of the molecule is C[C@H]1C(=O)C(C#N)=C[C@]2(C)C3=CC(=O)C4C5CC(C)(C)CCC5CCC4[C@]3(C)CC[C@@H]12. The van der Waals surface area contributed by atoms with Crippen molar-refractivity contribution >= 4 is 11.6 Å². The number of carbonyl (C=O) groups is 2. The van der Waals surface area contributed by atoms with Crippen LogP contribution in [0.3, 0.4) is 0 Å². The van der Waals surface area contributed by atoms with Crippen molar-refractivity contribution in [1.29, 1.82) is 5.26 Å². The van der Waals surface area contributed by atoms with Gasteiger partial charge in [0.1, 0.15) is 6.07 Å². The summed E-state index contributed by atoms with van der Waals surface area (Å²) in [6, 6.07) is 2.16. The molecule has 0 spiro atoms. The molecule has 0 aromatic heterocycles. The highest BCUT2D eigenvalue weighted by Gasteiger charge is 2.61. The number of nitrogens with zero attached hydrogens (tertiary/aromatic N) is 1. The van der Waals surface area contributed by atoms with Gasteiger partial charge in [-0.2, -0.15) is 5.26 Å². The van der Waals surface area contributed by atoms with E-state index in [-0.39, 0.29) is 34.4 Å². The summed E-state index contributed by atoms with van der Waals surface area (Å²) >= 11 is 0. The van der Waals surface area contributed by atoms with Gasteiger partial charge in [0.2, 0.25) is 0 Å². The number of hydrogen-bond acceptors (Lipinski definition) is 3. The van der Waals surface area contributed by atoms with E-state index in [1.807, 2.05) is 19.1 Å². The quantitative estimate of drug-likeness (QED) is 0.480. The Labute approximate surface area is 187 Å². The van der Waals surface area contributed by atoms with Crippen LogP contribution in [-0.4, -0.2) is 11.6 Å². The molecule has 0 aliphatic heterocycles. The molecule has 3 fully saturated rings. The zero-order valence-corrected chi connectivity index (χ0v) is 19.8. The molecule has 4 unspecified atom stereocenters. The Morgan fingerprint density at radius 3 is 2.45 bits per heavy atom. The highest BCUT2D eigenvalue weighted by atomic mass is 16.1. The maximum absolute atomic E-state index is 13.8. The first-order valence-electron chi connectivity index (χ1n) is 12.5. The van der Waals surface area contributed by atoms with Crippen LogP contribution in [0.15, 0.2) is 23.3 Å². The standard InChI is InChI=1S/C28H37NO2/c1-16-20-9-11-27(4)21-7-6-17-8-10-26(2,3)14-19(17)24(21)22(30)12-23(27)28(20,5)13-18(15-29)25(16)31/h12-13,16-17,19-21,24H,6-11,14H2,1-5H3/t16-,17?,19?,20+,21?,24?,27+,28+/m1/s1. The van der Waals surface area contributed by atoms with Crippen LogP contribution in [0.5, 0.6) is 0 Å². The van der Waals surface area contributed by atoms with E-state index in [1.165, 1.54) is 31.3 Å². The molecule has 0 heterocycles. The number of nitriles is 1. The minimum Gasteiger partial charge on any atom is -0.295 e. The van der Waals surface area contributed by atoms with Gasteiger partial charge in [0.15, 0.2) is 11.6 Å². The van der Waals surface area contributed by atoms with Crippen molar-refractivity contribution in [3.05, 3.63) is 23.3 Å². The lowest BCUT2D eigenvalue weighted by Gasteiger charge is -2.62. The number of Topliss-reactive ketones (excluding diaryl/α,β-unsaturated/α-hetero) is 1. The van der Waals surface area contributed by atoms with E-state index in [2.05, 4.69) is 33.8 Å². The summed E-state index contributed by atoms with van der Waals surface area (Å²) in [4.78, 5) is 26.5. The van der Waals surface area contributed by atoms with Gasteiger partial charge in [-0.3, -0.25) is 9.59 Å². The first kappa shape index (κ1) is 21.2. The summed E-state index contributed by atoms with van der Waals surface area (Å²) in [5.74, 6) is 2.15. The molecule has 3 heteroatoms. The zero-order chi connectivity index (χ0) is 22.3. The van der Waals surface area contributed by atoms with Crippen molar-refractivity contribution < 1.29 is 9.59 Å². The topological polar surface area (TPSA) is 57.9 Å². The van der Waals surface area contributed by atoms with E-state index >= 15 is 0 Å². The number of rotatable bonds is 0. The average molecular weight is 420 g/mol. The normalized spacial score (nSPS) is 48.3. The molecule has 0 aromatic rings. The van der Waals surface area contributed by atoms with Gasteiger partial charge < -0.3 is 0 Å². The van der Waals surface area contributed by atoms with Gasteiger partial charge in [0, 0.05) is 17.3 Å². The molecule has 5 rings (SSSR count). The number of carbonyl (C=O) groups excluding carboxylic acids is 2. The second-order valence-electron chi connectivity index (χ2n) is 12.7. The fourth-order valence-electron chi connectivity index (χ4n) is 8.96. The van der Waals surface area contributed by atoms with Gasteiger partial charge >= 0.3 is 0 Å². The highest BCUT2D eigenvalue weighted by molar-refractivity contribution is 6.02. The number of hydrogen-bond donors (Lipinski definition) is 0. The molecular weight excluding hydrogens is 382 g/mol. The maximum atomic E-state index is 13.8. The fourth-order valence-corrected chi connectivity index (χ4v) is 8.96. The van der Waals surface area contributed by atoms with E-state index in [0.717, 1.165) is 19.3 Å². The lowest BCUT2D eigenvalue weighted by Crippen LogP contribution is -2.57. The monoisotopic (exact) mass is 419 g/mol. The Morgan fingerprint density at radius 2 is 1.74 bits per heavy atom. The lowest BCUT2D eigenvalue weighted by atomic mass is 9.41. The van der Waals surface area contributed by atoms with E-state index in [9.17, 15) is 14.9 Å². The van der Waals surface area contributed by atoms with Gasteiger partial charge in [-0.15, -0.1) is 0 Å². The van der Waals surface area contributed by atoms with Crippen molar-refractivity contribution in [2.24, 2.45) is 51.8 Å². The molecular formula is C28H37NO2. The Kier molecular flexibility index (Phi) is 4.55. The third-order valence-electron chi connectivity index (χ3n) is 10.6. The summed E-state index contributed by atoms with van der Waals surface area (Å²) in [6.07, 6.45) is 12.1. The summed E-state index contributed by atoms with van der Waals surface area (Å²) in [5, 5.41) is 9.64. The predicted molar refractivity (Wildman–Crippen MR) is 121 cm³/mol. The first-order valence-corrected chi connectivity index (χ1v) is 12.5. The van der Waals surface area contributed by atoms with E-state index in [0.29, 0.717) is 34.5 Å². The second-order valence-corrected chi connectivity index (χ2v) is 12.7. The van der Waals surface area contributed by atoms with Crippen LogP contribution < -0.4 is 0 Å². The van der Waals surface area contributed by atoms with E-state index in [4.69, 9.17) is 0 Å². The smallest absolute Gasteiger partial charge is 0.176 e. The minimum atomic E-state index is -0.366. The van der Waals surface area contributed by atoms with Crippen LogP contribution in [-0.2, 0) is 9.59 Å². The third-order valence-corrected chi connectivity index (χ3v) is 10.6. The Hall–Kier alpha value is -1.69. The summed E-state index contributed by atoms with van der Waals surface area (Å²) in [5.41, 5.74) is 1.48.